The Labute approximate surface area is 129 Å². The van der Waals surface area contributed by atoms with Gasteiger partial charge in [-0.25, -0.2) is 0 Å². The van der Waals surface area contributed by atoms with E-state index in [1.165, 1.54) is 0 Å². The van der Waals surface area contributed by atoms with E-state index in [4.69, 9.17) is 4.74 Å². The Morgan fingerprint density at radius 1 is 1.23 bits per heavy atom. The number of carbonyl (C=O) groups excluding carboxylic acids is 1. The minimum atomic E-state index is -0.329. The summed E-state index contributed by atoms with van der Waals surface area (Å²) in [5.41, 5.74) is 2.28. The molecule has 0 unspecified atom stereocenters. The first-order valence-electron chi connectivity index (χ1n) is 7.15. The molecule has 0 saturated heterocycles. The molecule has 0 aliphatic carbocycles. The zero-order chi connectivity index (χ0) is 15.5. The lowest BCUT2D eigenvalue weighted by molar-refractivity contribution is 0.0609. The van der Waals surface area contributed by atoms with Crippen molar-refractivity contribution in [2.75, 3.05) is 25.6 Å². The van der Waals surface area contributed by atoms with Gasteiger partial charge in [0.2, 0.25) is 0 Å². The molecule has 1 aliphatic heterocycles. The van der Waals surface area contributed by atoms with Crippen molar-refractivity contribution in [2.45, 2.75) is 6.17 Å². The van der Waals surface area contributed by atoms with Crippen molar-refractivity contribution in [3.8, 4) is 5.75 Å². The Morgan fingerprint density at radius 2 is 2.05 bits per heavy atom. The lowest BCUT2D eigenvalue weighted by Crippen LogP contribution is -2.44. The Balaban J connectivity index is 2.01. The van der Waals surface area contributed by atoms with Gasteiger partial charge in [-0.15, -0.1) is 0 Å². The summed E-state index contributed by atoms with van der Waals surface area (Å²) in [5.74, 6) is 0.136. The number of ether oxygens (including phenoxy) is 1. The minimum absolute atomic E-state index is 0.0419. The number of methoxy groups -OCH3 is 1. The smallest absolute Gasteiger partial charge is 0.257 e. The molecule has 22 heavy (non-hydrogen) atoms. The molecule has 114 valence electrons. The maximum absolute atomic E-state index is 12.8. The summed E-state index contributed by atoms with van der Waals surface area (Å²) in [6.07, 6.45) is -0.329. The van der Waals surface area contributed by atoms with Crippen molar-refractivity contribution in [1.29, 1.82) is 0 Å². The second kappa shape index (κ2) is 6.07. The quantitative estimate of drug-likeness (QED) is 0.911. The number of fused-ring (bicyclic) bond motifs is 1. The van der Waals surface area contributed by atoms with Gasteiger partial charge in [0.1, 0.15) is 11.9 Å². The molecule has 0 bridgehead atoms. The van der Waals surface area contributed by atoms with Crippen molar-refractivity contribution >= 4 is 11.6 Å². The highest BCUT2D eigenvalue weighted by molar-refractivity contribution is 6.01. The number of phenolic OH excluding ortho intramolecular Hbond substituents is 1. The second-order valence-corrected chi connectivity index (χ2v) is 5.18. The number of amides is 1. The third-order valence-electron chi connectivity index (χ3n) is 3.74. The number of para-hydroxylation sites is 1. The number of benzene rings is 2. The summed E-state index contributed by atoms with van der Waals surface area (Å²) in [6, 6.07) is 14.4. The molecule has 0 aromatic heterocycles. The van der Waals surface area contributed by atoms with E-state index in [-0.39, 0.29) is 17.8 Å². The highest BCUT2D eigenvalue weighted by Gasteiger charge is 2.32. The first-order valence-corrected chi connectivity index (χ1v) is 7.15. The van der Waals surface area contributed by atoms with Gasteiger partial charge >= 0.3 is 0 Å². The number of rotatable bonds is 4. The Bertz CT molecular complexity index is 687. The number of aromatic hydroxyl groups is 1. The van der Waals surface area contributed by atoms with Crippen molar-refractivity contribution < 1.29 is 14.6 Å². The fraction of sp³-hybridized carbons (Fsp3) is 0.235. The van der Waals surface area contributed by atoms with Gasteiger partial charge in [-0.05, 0) is 29.8 Å². The molecular weight excluding hydrogens is 280 g/mol. The van der Waals surface area contributed by atoms with E-state index in [0.717, 1.165) is 11.3 Å². The van der Waals surface area contributed by atoms with Crippen molar-refractivity contribution in [3.05, 3.63) is 59.7 Å². The van der Waals surface area contributed by atoms with Crippen molar-refractivity contribution in [1.82, 2.24) is 4.90 Å². The second-order valence-electron chi connectivity index (χ2n) is 5.18. The van der Waals surface area contributed by atoms with Crippen LogP contribution in [0.15, 0.2) is 48.5 Å². The molecule has 0 fully saturated rings. The Hall–Kier alpha value is -2.53. The van der Waals surface area contributed by atoms with Gasteiger partial charge in [0.15, 0.2) is 0 Å². The molecular formula is C17H18N2O3. The molecule has 2 aromatic carbocycles. The molecule has 1 heterocycles. The summed E-state index contributed by atoms with van der Waals surface area (Å²) >= 11 is 0. The van der Waals surface area contributed by atoms with Crippen LogP contribution in [-0.4, -0.2) is 36.2 Å². The summed E-state index contributed by atoms with van der Waals surface area (Å²) in [5, 5.41) is 13.1. The largest absolute Gasteiger partial charge is 0.508 e. The molecule has 3 rings (SSSR count). The standard InChI is InChI=1S/C17H18N2O3/c1-22-10-9-19-16(12-5-4-6-13(20)11-12)18-15-8-3-2-7-14(15)17(19)21/h2-8,11,16,18,20H,9-10H2,1H3/t16-/m1/s1. The molecule has 2 aromatic rings. The number of nitrogens with zero attached hydrogens (tertiary/aromatic N) is 1. The molecule has 0 radical (unpaired) electrons. The van der Waals surface area contributed by atoms with E-state index < -0.39 is 0 Å². The van der Waals surface area contributed by atoms with E-state index in [9.17, 15) is 9.90 Å². The molecule has 0 spiro atoms. The summed E-state index contributed by atoms with van der Waals surface area (Å²) in [4.78, 5) is 14.5. The number of nitrogens with one attached hydrogen (secondary N) is 1. The fourth-order valence-electron chi connectivity index (χ4n) is 2.67. The van der Waals surface area contributed by atoms with Gasteiger partial charge < -0.3 is 20.1 Å². The molecule has 5 heteroatoms. The zero-order valence-corrected chi connectivity index (χ0v) is 12.3. The van der Waals surface area contributed by atoms with E-state index in [1.807, 2.05) is 30.3 Å². The molecule has 1 aliphatic rings. The Kier molecular flexibility index (Phi) is 3.98. The molecule has 5 nitrogen and oxygen atoms in total. The lowest BCUT2D eigenvalue weighted by Gasteiger charge is -2.38. The number of hydrogen-bond acceptors (Lipinski definition) is 4. The average molecular weight is 298 g/mol. The third kappa shape index (κ3) is 2.63. The van der Waals surface area contributed by atoms with Crippen LogP contribution in [0, 0.1) is 0 Å². The van der Waals surface area contributed by atoms with Crippen LogP contribution in [0.1, 0.15) is 22.1 Å². The number of carbonyl (C=O) groups is 1. The lowest BCUT2D eigenvalue weighted by atomic mass is 10.0. The SMILES string of the molecule is COCCN1C(=O)c2ccccc2N[C@H]1c1cccc(O)c1. The maximum Gasteiger partial charge on any atom is 0.257 e. The van der Waals surface area contributed by atoms with Gasteiger partial charge in [-0.2, -0.15) is 0 Å². The van der Waals surface area contributed by atoms with E-state index in [0.29, 0.717) is 18.7 Å². The van der Waals surface area contributed by atoms with Crippen LogP contribution in [-0.2, 0) is 4.74 Å². The summed E-state index contributed by atoms with van der Waals surface area (Å²) < 4.78 is 5.12. The van der Waals surface area contributed by atoms with Crippen LogP contribution in [0.4, 0.5) is 5.69 Å². The Morgan fingerprint density at radius 3 is 2.82 bits per heavy atom. The average Bonchev–Trinajstić information content (AvgIpc) is 2.54. The van der Waals surface area contributed by atoms with Gasteiger partial charge in [-0.1, -0.05) is 24.3 Å². The highest BCUT2D eigenvalue weighted by atomic mass is 16.5. The summed E-state index contributed by atoms with van der Waals surface area (Å²) in [7, 11) is 1.61. The topological polar surface area (TPSA) is 61.8 Å². The van der Waals surface area contributed by atoms with Gasteiger partial charge in [-0.3, -0.25) is 4.79 Å². The number of phenols is 1. The first-order chi connectivity index (χ1) is 10.7. The maximum atomic E-state index is 12.8. The molecule has 0 saturated carbocycles. The predicted molar refractivity (Wildman–Crippen MR) is 83.8 cm³/mol. The van der Waals surface area contributed by atoms with Crippen LogP contribution in [0.2, 0.25) is 0 Å². The molecule has 1 amide bonds. The highest BCUT2D eigenvalue weighted by Crippen LogP contribution is 2.33. The third-order valence-corrected chi connectivity index (χ3v) is 3.74. The summed E-state index contributed by atoms with van der Waals surface area (Å²) in [6.45, 7) is 0.919. The van der Waals surface area contributed by atoms with Crippen LogP contribution in [0.3, 0.4) is 0 Å². The monoisotopic (exact) mass is 298 g/mol. The van der Waals surface area contributed by atoms with E-state index in [1.54, 1.807) is 30.2 Å². The van der Waals surface area contributed by atoms with Gasteiger partial charge in [0.25, 0.3) is 5.91 Å². The normalized spacial score (nSPS) is 17.0. The molecule has 2 N–H and O–H groups in total. The first kappa shape index (κ1) is 14.4. The van der Waals surface area contributed by atoms with Crippen LogP contribution < -0.4 is 5.32 Å². The molecule has 1 atom stereocenters. The minimum Gasteiger partial charge on any atom is -0.508 e. The van der Waals surface area contributed by atoms with Crippen LogP contribution >= 0.6 is 0 Å². The van der Waals surface area contributed by atoms with Crippen LogP contribution in [0.25, 0.3) is 0 Å². The predicted octanol–water partition coefficient (Wildman–Crippen LogP) is 2.61. The van der Waals surface area contributed by atoms with Crippen molar-refractivity contribution in [2.24, 2.45) is 0 Å². The van der Waals surface area contributed by atoms with Gasteiger partial charge in [0.05, 0.1) is 12.2 Å². The van der Waals surface area contributed by atoms with Crippen LogP contribution in [0.5, 0.6) is 5.75 Å². The zero-order valence-electron chi connectivity index (χ0n) is 12.3. The number of anilines is 1. The van der Waals surface area contributed by atoms with E-state index >= 15 is 0 Å². The van der Waals surface area contributed by atoms with Crippen molar-refractivity contribution in [3.63, 3.8) is 0 Å². The number of hydrogen-bond donors (Lipinski definition) is 2. The fourth-order valence-corrected chi connectivity index (χ4v) is 2.67. The van der Waals surface area contributed by atoms with Gasteiger partial charge in [0, 0.05) is 19.3 Å². The van der Waals surface area contributed by atoms with E-state index in [2.05, 4.69) is 5.32 Å².